The van der Waals surface area contributed by atoms with E-state index in [2.05, 4.69) is 20.6 Å². The molecule has 1 atom stereocenters. The number of benzene rings is 1. The Morgan fingerprint density at radius 1 is 1.41 bits per heavy atom. The maximum atomic E-state index is 11.6. The maximum absolute atomic E-state index is 11.6. The van der Waals surface area contributed by atoms with Crippen LogP contribution in [0.15, 0.2) is 30.3 Å². The number of H-pyrrole nitrogens is 1. The Labute approximate surface area is 97.0 Å². The molecule has 2 aromatic rings. The van der Waals surface area contributed by atoms with Crippen LogP contribution in [0.25, 0.3) is 0 Å². The van der Waals surface area contributed by atoms with E-state index in [4.69, 9.17) is 10.5 Å². The van der Waals surface area contributed by atoms with Crippen LogP contribution in [0.4, 0.5) is 0 Å². The number of rotatable bonds is 4. The fourth-order valence-corrected chi connectivity index (χ4v) is 1.32. The number of hydrogen-bond donors (Lipinski definition) is 2. The van der Waals surface area contributed by atoms with E-state index >= 15 is 0 Å². The predicted molar refractivity (Wildman–Crippen MR) is 57.9 cm³/mol. The van der Waals surface area contributed by atoms with Crippen molar-refractivity contribution in [3.05, 3.63) is 35.9 Å². The van der Waals surface area contributed by atoms with Gasteiger partial charge in [0.05, 0.1) is 0 Å². The fraction of sp³-hybridized carbons (Fsp3) is 0.200. The van der Waals surface area contributed by atoms with Gasteiger partial charge in [0.2, 0.25) is 0 Å². The molecule has 7 heteroatoms. The van der Waals surface area contributed by atoms with Gasteiger partial charge in [-0.05, 0) is 22.4 Å². The monoisotopic (exact) mass is 233 g/mol. The SMILES string of the molecule is N[C@@H](Cc1ccccc1)C(=O)Oc1nnn[nH]1. The normalized spacial score (nSPS) is 12.1. The highest BCUT2D eigenvalue weighted by atomic mass is 16.6. The Kier molecular flexibility index (Phi) is 3.41. The van der Waals surface area contributed by atoms with Crippen LogP contribution < -0.4 is 10.5 Å². The minimum absolute atomic E-state index is 0.0569. The van der Waals surface area contributed by atoms with Gasteiger partial charge < -0.3 is 10.5 Å². The van der Waals surface area contributed by atoms with Crippen molar-refractivity contribution in [2.75, 3.05) is 0 Å². The van der Waals surface area contributed by atoms with E-state index in [0.29, 0.717) is 6.42 Å². The van der Waals surface area contributed by atoms with Crippen LogP contribution in [0.3, 0.4) is 0 Å². The summed E-state index contributed by atoms with van der Waals surface area (Å²) in [5.41, 5.74) is 6.67. The molecule has 1 aromatic heterocycles. The van der Waals surface area contributed by atoms with Gasteiger partial charge in [-0.15, -0.1) is 0 Å². The smallest absolute Gasteiger partial charge is 0.340 e. The lowest BCUT2D eigenvalue weighted by Crippen LogP contribution is -2.36. The van der Waals surface area contributed by atoms with Gasteiger partial charge in [0, 0.05) is 0 Å². The molecule has 1 heterocycles. The molecule has 0 spiro atoms. The summed E-state index contributed by atoms with van der Waals surface area (Å²) >= 11 is 0. The van der Waals surface area contributed by atoms with Crippen molar-refractivity contribution >= 4 is 5.97 Å². The van der Waals surface area contributed by atoms with Gasteiger partial charge in [0.25, 0.3) is 0 Å². The van der Waals surface area contributed by atoms with Gasteiger partial charge >= 0.3 is 12.0 Å². The second-order valence-electron chi connectivity index (χ2n) is 3.42. The summed E-state index contributed by atoms with van der Waals surface area (Å²) in [7, 11) is 0. The van der Waals surface area contributed by atoms with Gasteiger partial charge in [-0.25, -0.2) is 9.89 Å². The summed E-state index contributed by atoms with van der Waals surface area (Å²) in [6.07, 6.45) is 0.404. The Morgan fingerprint density at radius 2 is 2.18 bits per heavy atom. The molecule has 0 aliphatic carbocycles. The lowest BCUT2D eigenvalue weighted by atomic mass is 10.1. The van der Waals surface area contributed by atoms with Crippen LogP contribution in [0.1, 0.15) is 5.56 Å². The number of nitrogens with one attached hydrogen (secondary N) is 1. The Morgan fingerprint density at radius 3 is 2.82 bits per heavy atom. The third-order valence-corrected chi connectivity index (χ3v) is 2.12. The van der Waals surface area contributed by atoms with E-state index in [0.717, 1.165) is 5.56 Å². The summed E-state index contributed by atoms with van der Waals surface area (Å²) < 4.78 is 4.83. The van der Waals surface area contributed by atoms with Crippen LogP contribution in [-0.4, -0.2) is 32.6 Å². The topological polar surface area (TPSA) is 107 Å². The molecule has 0 saturated heterocycles. The molecule has 17 heavy (non-hydrogen) atoms. The van der Waals surface area contributed by atoms with Crippen molar-refractivity contribution in [1.82, 2.24) is 20.6 Å². The molecule has 0 unspecified atom stereocenters. The first kappa shape index (κ1) is 11.2. The summed E-state index contributed by atoms with van der Waals surface area (Å²) in [6, 6.07) is 8.64. The second kappa shape index (κ2) is 5.17. The highest BCUT2D eigenvalue weighted by Crippen LogP contribution is 2.04. The first-order valence-corrected chi connectivity index (χ1v) is 5.00. The highest BCUT2D eigenvalue weighted by molar-refractivity contribution is 5.77. The van der Waals surface area contributed by atoms with Crippen LogP contribution in [-0.2, 0) is 11.2 Å². The molecule has 0 radical (unpaired) electrons. The van der Waals surface area contributed by atoms with Crippen molar-refractivity contribution < 1.29 is 9.53 Å². The van der Waals surface area contributed by atoms with E-state index in [1.165, 1.54) is 0 Å². The minimum Gasteiger partial charge on any atom is -0.389 e. The fourth-order valence-electron chi connectivity index (χ4n) is 1.32. The number of aromatic amines is 1. The number of esters is 1. The average Bonchev–Trinajstić information content (AvgIpc) is 2.83. The largest absolute Gasteiger partial charge is 0.389 e. The molecule has 0 fully saturated rings. The number of ether oxygens (including phenoxy) is 1. The first-order valence-electron chi connectivity index (χ1n) is 5.00. The van der Waals surface area contributed by atoms with Crippen LogP contribution in [0.5, 0.6) is 6.01 Å². The second-order valence-corrected chi connectivity index (χ2v) is 3.42. The number of nitrogens with two attached hydrogens (primary N) is 1. The zero-order chi connectivity index (χ0) is 12.1. The molecule has 0 aliphatic rings. The minimum atomic E-state index is -0.748. The molecule has 88 valence electrons. The zero-order valence-electron chi connectivity index (χ0n) is 8.91. The van der Waals surface area contributed by atoms with Crippen molar-refractivity contribution in [2.24, 2.45) is 5.73 Å². The molecule has 1 aromatic carbocycles. The van der Waals surface area contributed by atoms with Gasteiger partial charge in [0.1, 0.15) is 6.04 Å². The quantitative estimate of drug-likeness (QED) is 0.700. The summed E-state index contributed by atoms with van der Waals surface area (Å²) in [5.74, 6) is -0.576. The Balaban J connectivity index is 1.92. The molecule has 7 nitrogen and oxygen atoms in total. The van der Waals surface area contributed by atoms with Crippen molar-refractivity contribution in [1.29, 1.82) is 0 Å². The van der Waals surface area contributed by atoms with Crippen LogP contribution in [0, 0.1) is 0 Å². The number of nitrogens with zero attached hydrogens (tertiary/aromatic N) is 3. The molecular formula is C10H11N5O2. The predicted octanol–water partition coefficient (Wildman–Crippen LogP) is -0.325. The number of aromatic nitrogens is 4. The number of carbonyl (C=O) groups is 1. The summed E-state index contributed by atoms with van der Waals surface area (Å²) in [5, 5.41) is 12.3. The molecular weight excluding hydrogens is 222 g/mol. The van der Waals surface area contributed by atoms with E-state index in [1.807, 2.05) is 30.3 Å². The van der Waals surface area contributed by atoms with Gasteiger partial charge in [-0.2, -0.15) is 0 Å². The lowest BCUT2D eigenvalue weighted by molar-refractivity contribution is -0.136. The van der Waals surface area contributed by atoms with Crippen molar-refractivity contribution in [3.8, 4) is 6.01 Å². The Hall–Kier alpha value is -2.28. The molecule has 0 aliphatic heterocycles. The van der Waals surface area contributed by atoms with E-state index < -0.39 is 12.0 Å². The van der Waals surface area contributed by atoms with E-state index in [1.54, 1.807) is 0 Å². The number of hydrogen-bond acceptors (Lipinski definition) is 6. The van der Waals surface area contributed by atoms with E-state index in [9.17, 15) is 4.79 Å². The third kappa shape index (κ3) is 3.08. The third-order valence-electron chi connectivity index (χ3n) is 2.12. The zero-order valence-corrected chi connectivity index (χ0v) is 8.91. The lowest BCUT2D eigenvalue weighted by Gasteiger charge is -2.08. The van der Waals surface area contributed by atoms with E-state index in [-0.39, 0.29) is 6.01 Å². The summed E-state index contributed by atoms with van der Waals surface area (Å²) in [4.78, 5) is 11.6. The average molecular weight is 233 g/mol. The Bertz CT molecular complexity index is 471. The van der Waals surface area contributed by atoms with Crippen molar-refractivity contribution in [2.45, 2.75) is 12.5 Å². The van der Waals surface area contributed by atoms with Gasteiger partial charge in [-0.3, -0.25) is 0 Å². The maximum Gasteiger partial charge on any atom is 0.340 e. The van der Waals surface area contributed by atoms with Gasteiger partial charge in [0.15, 0.2) is 0 Å². The molecule has 0 bridgehead atoms. The first-order chi connectivity index (χ1) is 8.25. The summed E-state index contributed by atoms with van der Waals surface area (Å²) in [6.45, 7) is 0. The standard InChI is InChI=1S/C10H11N5O2/c11-8(6-7-4-2-1-3-5-7)9(16)17-10-12-14-15-13-10/h1-5,8H,6,11H2,(H,12,13,14,15)/t8-/m0/s1. The molecule has 0 amide bonds. The molecule has 2 rings (SSSR count). The van der Waals surface area contributed by atoms with Crippen molar-refractivity contribution in [3.63, 3.8) is 0 Å². The molecule has 3 N–H and O–H groups in total. The van der Waals surface area contributed by atoms with Crippen LogP contribution in [0.2, 0.25) is 0 Å². The number of tetrazole rings is 1. The van der Waals surface area contributed by atoms with Crippen LogP contribution >= 0.6 is 0 Å². The highest BCUT2D eigenvalue weighted by Gasteiger charge is 2.17. The van der Waals surface area contributed by atoms with Gasteiger partial charge in [-0.1, -0.05) is 35.4 Å². The molecule has 0 saturated carbocycles. The number of carbonyl (C=O) groups excluding carboxylic acids is 1.